The SMILES string of the molecule is CC(C)c1ccc(C(C)C)cc1.CC(C)c1ccc(C(C)C)nc1.CC(C)c1ccc(C(C)C)o1.CC(C)c1ccc(C(C)C)s1.CC(C)c1cccc(C(C)C)c1.CC(C)c1cccc(C(C)C)n1.CC(C)c1cnc(C(C)C)s1.CC(C)c1coc(C(C)C)c1.CC(C)c1csc(C(C)C)c1.CC(C)c1csc(C(C)C)n1. The molecule has 10 heteroatoms. The highest BCUT2D eigenvalue weighted by molar-refractivity contribution is 7.12. The third-order valence-corrected chi connectivity index (χ3v) is 24.8. The minimum Gasteiger partial charge on any atom is -0.469 e. The zero-order valence-corrected chi connectivity index (χ0v) is 82.9. The van der Waals surface area contributed by atoms with Gasteiger partial charge in [-0.2, -0.15) is 0 Å². The molecule has 10 aromatic rings. The Hall–Kier alpha value is -6.04. The molecule has 0 unspecified atom stereocenters. The molecule has 114 heavy (non-hydrogen) atoms. The second kappa shape index (κ2) is 54.9. The molecule has 0 radical (unpaired) electrons. The zero-order chi connectivity index (χ0) is 87.1. The lowest BCUT2D eigenvalue weighted by molar-refractivity contribution is 0.432. The van der Waals surface area contributed by atoms with Crippen LogP contribution >= 0.6 is 45.3 Å². The normalized spacial score (nSPS) is 11.3. The Morgan fingerprint density at radius 1 is 0.228 bits per heavy atom. The third kappa shape index (κ3) is 41.4. The largest absolute Gasteiger partial charge is 0.469 e. The molecule has 0 fully saturated rings. The molecule has 0 aliphatic heterocycles. The summed E-state index contributed by atoms with van der Waals surface area (Å²) in [5, 5.41) is 6.96. The van der Waals surface area contributed by atoms with Crippen molar-refractivity contribution in [2.24, 2.45) is 0 Å². The third-order valence-electron chi connectivity index (χ3n) is 19.1. The summed E-state index contributed by atoms with van der Waals surface area (Å²) >= 11 is 7.45. The summed E-state index contributed by atoms with van der Waals surface area (Å²) in [6, 6.07) is 41.5. The second-order valence-corrected chi connectivity index (χ2v) is 40.8. The van der Waals surface area contributed by atoms with Crippen LogP contribution in [0.2, 0.25) is 0 Å². The number of thiophene rings is 2. The van der Waals surface area contributed by atoms with Crippen molar-refractivity contribution in [1.82, 2.24) is 19.9 Å². The van der Waals surface area contributed by atoms with Gasteiger partial charge in [0.15, 0.2) is 0 Å². The van der Waals surface area contributed by atoms with E-state index < -0.39 is 0 Å². The molecule has 6 nitrogen and oxygen atoms in total. The first-order valence-corrected chi connectivity index (χ1v) is 46.9. The predicted octanol–water partition coefficient (Wildman–Crippen LogP) is 36.3. The maximum absolute atomic E-state index is 5.61. The van der Waals surface area contributed by atoms with Gasteiger partial charge < -0.3 is 8.83 Å². The zero-order valence-electron chi connectivity index (χ0n) is 79.6. The molecule has 8 heterocycles. The molecule has 2 aromatic carbocycles. The van der Waals surface area contributed by atoms with Gasteiger partial charge in [-0.1, -0.05) is 338 Å². The van der Waals surface area contributed by atoms with E-state index in [1.165, 1.54) is 91.2 Å². The van der Waals surface area contributed by atoms with E-state index in [-0.39, 0.29) is 0 Å². The van der Waals surface area contributed by atoms with Crippen LogP contribution in [0.5, 0.6) is 0 Å². The van der Waals surface area contributed by atoms with Crippen LogP contribution in [0.25, 0.3) is 0 Å². The Bertz CT molecular complexity index is 3310. The average Bonchev–Trinajstić information content (AvgIpc) is 1.84. The van der Waals surface area contributed by atoms with Gasteiger partial charge in [0, 0.05) is 84.0 Å². The van der Waals surface area contributed by atoms with Crippen molar-refractivity contribution in [3.05, 3.63) is 253 Å². The van der Waals surface area contributed by atoms with Gasteiger partial charge in [-0.3, -0.25) is 9.97 Å². The first kappa shape index (κ1) is 106. The molecule has 0 N–H and O–H groups in total. The number of nitrogens with zero attached hydrogens (tertiary/aromatic N) is 4. The Labute approximate surface area is 717 Å². The molecule has 0 saturated heterocycles. The maximum atomic E-state index is 5.61. The summed E-state index contributed by atoms with van der Waals surface area (Å²) in [5.41, 5.74) is 14.7. The van der Waals surface area contributed by atoms with Gasteiger partial charge >= 0.3 is 0 Å². The fourth-order valence-electron chi connectivity index (χ4n) is 10.3. The molecule has 10 rings (SSSR count). The standard InChI is InChI=1S/2C12H18.2C11H17N.2C10H16O.2C10H16S.2C9H15NS/c1-9(2)11-5-7-12(8-6-11)10(3)4;1-9(2)11-6-5-7-12(8-11)10(3)4;1-8(2)10-5-6-11(9(3)4)12-7-10;1-8(2)10-6-5-7-11(12-10)9(3)4;1-7(2)9-5-10(8(3)4)11-6-9;1-7(2)9-5-6-10(11-9)8(3)4;1-7(2)9-5-10(8(3)4)11-6-9;1-7(2)9-5-6-10(11-9)8(3)4;1-6(2)8-5-11-9(10-8)7(3)4;1-6(2)8-5-10-9(11-8)7(3)4/h2*5-10H,1-4H3;2*5-9H,1-4H3;4*5-8H,1-4H3;2*5-7H,1-4H3. The Kier molecular flexibility index (Phi) is 51.0. The number of rotatable bonds is 20. The Morgan fingerprint density at radius 2 is 0.623 bits per heavy atom. The number of hydrogen-bond donors (Lipinski definition) is 0. The van der Waals surface area contributed by atoms with E-state index in [4.69, 9.17) is 8.83 Å². The van der Waals surface area contributed by atoms with E-state index in [0.29, 0.717) is 118 Å². The molecule has 0 spiro atoms. The number of thiazole rings is 2. The minimum atomic E-state index is 0.502. The van der Waals surface area contributed by atoms with E-state index >= 15 is 0 Å². The van der Waals surface area contributed by atoms with Crippen LogP contribution < -0.4 is 0 Å². The van der Waals surface area contributed by atoms with Gasteiger partial charge in [-0.15, -0.1) is 45.3 Å². The summed E-state index contributed by atoms with van der Waals surface area (Å²) in [4.78, 5) is 23.8. The number of benzene rings is 2. The summed E-state index contributed by atoms with van der Waals surface area (Å²) < 4.78 is 11.0. The minimum absolute atomic E-state index is 0.502. The monoisotopic (exact) mass is 1630 g/mol. The van der Waals surface area contributed by atoms with Crippen molar-refractivity contribution >= 4 is 45.3 Å². The van der Waals surface area contributed by atoms with Crippen LogP contribution in [0, 0.1) is 0 Å². The molecular formula is C104H164N4O2S4. The van der Waals surface area contributed by atoms with E-state index in [0.717, 1.165) is 17.3 Å². The first-order chi connectivity index (χ1) is 53.1. The summed E-state index contributed by atoms with van der Waals surface area (Å²) in [7, 11) is 0. The fourth-order valence-corrected chi connectivity index (χ4v) is 14.4. The van der Waals surface area contributed by atoms with Crippen LogP contribution in [0.4, 0.5) is 0 Å². The van der Waals surface area contributed by atoms with Crippen molar-refractivity contribution in [3.8, 4) is 0 Å². The van der Waals surface area contributed by atoms with E-state index in [2.05, 4.69) is 423 Å². The first-order valence-electron chi connectivity index (χ1n) is 43.5. The molecule has 0 saturated carbocycles. The highest BCUT2D eigenvalue weighted by atomic mass is 32.1. The van der Waals surface area contributed by atoms with Gasteiger partial charge in [0.25, 0.3) is 0 Å². The second-order valence-electron chi connectivity index (χ2n) is 36.7. The van der Waals surface area contributed by atoms with Crippen molar-refractivity contribution in [2.75, 3.05) is 0 Å². The Balaban J connectivity index is 0.000000633. The van der Waals surface area contributed by atoms with Gasteiger partial charge in [0.2, 0.25) is 0 Å². The number of hydrogen-bond acceptors (Lipinski definition) is 10. The number of furan rings is 2. The molecule has 0 aliphatic carbocycles. The van der Waals surface area contributed by atoms with Gasteiger partial charge in [0.05, 0.1) is 22.0 Å². The molecule has 8 aromatic heterocycles. The maximum Gasteiger partial charge on any atom is 0.106 e. The summed E-state index contributed by atoms with van der Waals surface area (Å²) in [6.45, 7) is 87.9. The topological polar surface area (TPSA) is 77.8 Å². The van der Waals surface area contributed by atoms with Crippen LogP contribution in [-0.4, -0.2) is 19.9 Å². The van der Waals surface area contributed by atoms with Crippen LogP contribution in [0.3, 0.4) is 0 Å². The summed E-state index contributed by atoms with van der Waals surface area (Å²) in [6.07, 6.45) is 5.85. The molecule has 0 bridgehead atoms. The highest BCUT2D eigenvalue weighted by Crippen LogP contribution is 2.32. The molecule has 0 amide bonds. The van der Waals surface area contributed by atoms with Crippen LogP contribution in [0.15, 0.2) is 154 Å². The van der Waals surface area contributed by atoms with Gasteiger partial charge in [-0.25, -0.2) is 9.97 Å². The molecule has 636 valence electrons. The van der Waals surface area contributed by atoms with E-state index in [9.17, 15) is 0 Å². The molecule has 0 aliphatic rings. The van der Waals surface area contributed by atoms with E-state index in [1.807, 2.05) is 52.7 Å². The lowest BCUT2D eigenvalue weighted by Crippen LogP contribution is -1.98. The van der Waals surface area contributed by atoms with E-state index in [1.54, 1.807) is 11.3 Å². The highest BCUT2D eigenvalue weighted by Gasteiger charge is 2.14. The molecular weight excluding hydrogens is 1470 g/mol. The van der Waals surface area contributed by atoms with Crippen LogP contribution in [0.1, 0.15) is 504 Å². The van der Waals surface area contributed by atoms with Gasteiger partial charge in [0.1, 0.15) is 17.3 Å². The Morgan fingerprint density at radius 3 is 0.886 bits per heavy atom. The fraction of sp³-hybridized carbons (Fsp3) is 0.577. The van der Waals surface area contributed by atoms with Crippen molar-refractivity contribution in [2.45, 2.75) is 395 Å². The van der Waals surface area contributed by atoms with Crippen LogP contribution in [-0.2, 0) is 0 Å². The number of aromatic nitrogens is 4. The lowest BCUT2D eigenvalue weighted by atomic mass is 9.96. The van der Waals surface area contributed by atoms with Crippen molar-refractivity contribution < 1.29 is 8.83 Å². The average molecular weight is 1630 g/mol. The predicted molar refractivity (Wildman–Crippen MR) is 513 cm³/mol. The number of pyridine rings is 2. The quantitative estimate of drug-likeness (QED) is 0.0757. The molecule has 0 atom stereocenters. The lowest BCUT2D eigenvalue weighted by Gasteiger charge is -2.09. The summed E-state index contributed by atoms with van der Waals surface area (Å²) in [5.74, 6) is 15.2. The van der Waals surface area contributed by atoms with Gasteiger partial charge in [-0.05, 0) is 188 Å². The van der Waals surface area contributed by atoms with Crippen molar-refractivity contribution in [3.63, 3.8) is 0 Å². The van der Waals surface area contributed by atoms with Crippen molar-refractivity contribution in [1.29, 1.82) is 0 Å². The smallest absolute Gasteiger partial charge is 0.106 e.